The molecule has 4 nitrogen and oxygen atoms in total. The summed E-state index contributed by atoms with van der Waals surface area (Å²) in [6.07, 6.45) is 0. The highest BCUT2D eigenvalue weighted by Crippen LogP contribution is 2.31. The van der Waals surface area contributed by atoms with Crippen LogP contribution in [0.2, 0.25) is 19.6 Å². The number of rotatable bonds is 3. The van der Waals surface area contributed by atoms with Gasteiger partial charge in [-0.15, -0.1) is 0 Å². The molecule has 0 saturated carbocycles. The van der Waals surface area contributed by atoms with Crippen molar-refractivity contribution < 1.29 is 9.35 Å². The van der Waals surface area contributed by atoms with Gasteiger partial charge in [-0.1, -0.05) is 0 Å². The van der Waals surface area contributed by atoms with Gasteiger partial charge in [0.1, 0.15) is 5.75 Å². The van der Waals surface area contributed by atoms with E-state index in [9.17, 15) is 10.1 Å². The summed E-state index contributed by atoms with van der Waals surface area (Å²) in [5.74, 6) is 0.545. The summed E-state index contributed by atoms with van der Waals surface area (Å²) in [5, 5.41) is 10.6. The number of nitro benzene ring substituents is 1. The molecule has 82 valence electrons. The van der Waals surface area contributed by atoms with E-state index in [1.54, 1.807) is 6.07 Å². The van der Waals surface area contributed by atoms with Gasteiger partial charge in [0.15, 0.2) is 0 Å². The van der Waals surface area contributed by atoms with Crippen LogP contribution in [-0.4, -0.2) is 13.2 Å². The molecule has 1 aromatic rings. The fraction of sp³-hybridized carbons (Fsp3) is 0.333. The first kappa shape index (κ1) is 12.2. The number of nitrogens with zero attached hydrogens (tertiary/aromatic N) is 1. The van der Waals surface area contributed by atoms with Crippen LogP contribution in [0.15, 0.2) is 22.7 Å². The van der Waals surface area contributed by atoms with Gasteiger partial charge in [0, 0.05) is 6.07 Å². The van der Waals surface area contributed by atoms with E-state index in [0.29, 0.717) is 5.75 Å². The Bertz CT molecular complexity index is 389. The van der Waals surface area contributed by atoms with Gasteiger partial charge in [-0.3, -0.25) is 10.1 Å². The van der Waals surface area contributed by atoms with Crippen LogP contribution >= 0.6 is 15.9 Å². The van der Waals surface area contributed by atoms with Gasteiger partial charge in [0.2, 0.25) is 8.32 Å². The Labute approximate surface area is 97.7 Å². The molecule has 0 aromatic heterocycles. The van der Waals surface area contributed by atoms with Gasteiger partial charge in [-0.25, -0.2) is 0 Å². The summed E-state index contributed by atoms with van der Waals surface area (Å²) in [6, 6.07) is 4.52. The quantitative estimate of drug-likeness (QED) is 0.486. The van der Waals surface area contributed by atoms with Crippen molar-refractivity contribution in [2.75, 3.05) is 0 Å². The highest BCUT2D eigenvalue weighted by atomic mass is 79.9. The molecule has 0 atom stereocenters. The predicted octanol–water partition coefficient (Wildman–Crippen LogP) is 3.57. The number of hydrogen-bond acceptors (Lipinski definition) is 3. The molecule has 1 rings (SSSR count). The largest absolute Gasteiger partial charge is 0.543 e. The molecule has 0 amide bonds. The molecule has 0 aliphatic rings. The van der Waals surface area contributed by atoms with E-state index in [-0.39, 0.29) is 5.69 Å². The van der Waals surface area contributed by atoms with E-state index in [1.165, 1.54) is 12.1 Å². The Hall–Kier alpha value is -0.883. The first-order valence-corrected chi connectivity index (χ1v) is 8.63. The SMILES string of the molecule is C[Si](C)(C)Oc1cc([N+](=O)[O-])ccc1Br. The Kier molecular flexibility index (Phi) is 3.51. The molecule has 0 aliphatic carbocycles. The van der Waals surface area contributed by atoms with Gasteiger partial charge in [0.05, 0.1) is 15.5 Å². The molecule has 0 radical (unpaired) electrons. The maximum Gasteiger partial charge on any atom is 0.273 e. The Morgan fingerprint density at radius 3 is 2.47 bits per heavy atom. The summed E-state index contributed by atoms with van der Waals surface area (Å²) < 4.78 is 6.46. The Balaban J connectivity index is 3.06. The summed E-state index contributed by atoms with van der Waals surface area (Å²) in [7, 11) is -1.74. The van der Waals surface area contributed by atoms with E-state index >= 15 is 0 Å². The van der Waals surface area contributed by atoms with Gasteiger partial charge >= 0.3 is 0 Å². The smallest absolute Gasteiger partial charge is 0.273 e. The van der Waals surface area contributed by atoms with Crippen molar-refractivity contribution >= 4 is 29.9 Å². The van der Waals surface area contributed by atoms with Crippen LogP contribution in [0, 0.1) is 10.1 Å². The minimum atomic E-state index is -1.74. The lowest BCUT2D eigenvalue weighted by molar-refractivity contribution is -0.384. The van der Waals surface area contributed by atoms with Crippen molar-refractivity contribution in [2.45, 2.75) is 19.6 Å². The molecule has 1 aromatic carbocycles. The molecule has 0 N–H and O–H groups in total. The van der Waals surface area contributed by atoms with E-state index < -0.39 is 13.2 Å². The number of halogens is 1. The predicted molar refractivity (Wildman–Crippen MR) is 64.8 cm³/mol. The fourth-order valence-corrected chi connectivity index (χ4v) is 2.32. The van der Waals surface area contributed by atoms with Crippen molar-refractivity contribution in [3.8, 4) is 5.75 Å². The van der Waals surface area contributed by atoms with Crippen LogP contribution < -0.4 is 4.43 Å². The molecule has 0 spiro atoms. The van der Waals surface area contributed by atoms with Crippen molar-refractivity contribution in [3.63, 3.8) is 0 Å². The van der Waals surface area contributed by atoms with Gasteiger partial charge in [-0.05, 0) is 41.6 Å². The molecule has 0 saturated heterocycles. The monoisotopic (exact) mass is 289 g/mol. The second-order valence-corrected chi connectivity index (χ2v) is 9.37. The van der Waals surface area contributed by atoms with Crippen LogP contribution in [-0.2, 0) is 0 Å². The number of nitro groups is 1. The third kappa shape index (κ3) is 3.64. The molecule has 0 unspecified atom stereocenters. The van der Waals surface area contributed by atoms with Crippen LogP contribution in [0.1, 0.15) is 0 Å². The summed E-state index contributed by atoms with van der Waals surface area (Å²) >= 11 is 3.31. The van der Waals surface area contributed by atoms with Crippen molar-refractivity contribution in [1.29, 1.82) is 0 Å². The third-order valence-electron chi connectivity index (χ3n) is 1.54. The zero-order chi connectivity index (χ0) is 11.6. The highest BCUT2D eigenvalue weighted by molar-refractivity contribution is 9.10. The Morgan fingerprint density at radius 2 is 2.00 bits per heavy atom. The van der Waals surface area contributed by atoms with Crippen molar-refractivity contribution in [2.24, 2.45) is 0 Å². The fourth-order valence-electron chi connectivity index (χ4n) is 1.01. The topological polar surface area (TPSA) is 52.4 Å². The molecule has 0 bridgehead atoms. The molecule has 6 heteroatoms. The summed E-state index contributed by atoms with van der Waals surface area (Å²) in [6.45, 7) is 6.08. The average molecular weight is 290 g/mol. The maximum absolute atomic E-state index is 10.6. The standard InChI is InChI=1S/C9H12BrNO3Si/c1-15(2,3)14-9-6-7(11(12)13)4-5-8(9)10/h4-6H,1-3H3. The molecule has 15 heavy (non-hydrogen) atoms. The van der Waals surface area contributed by atoms with E-state index in [4.69, 9.17) is 4.43 Å². The third-order valence-corrected chi connectivity index (χ3v) is 3.03. The van der Waals surface area contributed by atoms with E-state index in [1.807, 2.05) is 19.6 Å². The molecule has 0 heterocycles. The minimum absolute atomic E-state index is 0.0476. The van der Waals surface area contributed by atoms with Crippen LogP contribution in [0.25, 0.3) is 0 Å². The van der Waals surface area contributed by atoms with E-state index in [2.05, 4.69) is 15.9 Å². The lowest BCUT2D eigenvalue weighted by Gasteiger charge is -2.19. The maximum atomic E-state index is 10.6. The van der Waals surface area contributed by atoms with Crippen molar-refractivity contribution in [3.05, 3.63) is 32.8 Å². The zero-order valence-corrected chi connectivity index (χ0v) is 11.4. The second-order valence-electron chi connectivity index (χ2n) is 4.09. The normalized spacial score (nSPS) is 11.2. The first-order valence-electron chi connectivity index (χ1n) is 4.42. The van der Waals surface area contributed by atoms with Crippen LogP contribution in [0.5, 0.6) is 5.75 Å². The number of non-ortho nitro benzene ring substituents is 1. The summed E-state index contributed by atoms with van der Waals surface area (Å²) in [4.78, 5) is 10.1. The van der Waals surface area contributed by atoms with Crippen molar-refractivity contribution in [1.82, 2.24) is 0 Å². The van der Waals surface area contributed by atoms with E-state index in [0.717, 1.165) is 4.47 Å². The summed E-state index contributed by atoms with van der Waals surface area (Å²) in [5.41, 5.74) is 0.0476. The minimum Gasteiger partial charge on any atom is -0.543 e. The van der Waals surface area contributed by atoms with Gasteiger partial charge < -0.3 is 4.43 Å². The number of hydrogen-bond donors (Lipinski definition) is 0. The molecular weight excluding hydrogens is 278 g/mol. The Morgan fingerprint density at radius 1 is 1.40 bits per heavy atom. The molecular formula is C9H12BrNO3Si. The lowest BCUT2D eigenvalue weighted by atomic mass is 10.3. The number of benzene rings is 1. The van der Waals surface area contributed by atoms with Crippen LogP contribution in [0.3, 0.4) is 0 Å². The molecule has 0 aliphatic heterocycles. The molecule has 0 fully saturated rings. The van der Waals surface area contributed by atoms with Crippen LogP contribution in [0.4, 0.5) is 5.69 Å². The van der Waals surface area contributed by atoms with Gasteiger partial charge in [0.25, 0.3) is 5.69 Å². The second kappa shape index (κ2) is 4.32. The first-order chi connectivity index (χ1) is 6.79. The van der Waals surface area contributed by atoms with Gasteiger partial charge in [-0.2, -0.15) is 0 Å². The average Bonchev–Trinajstić information content (AvgIpc) is 2.06. The zero-order valence-electron chi connectivity index (χ0n) is 8.78. The lowest BCUT2D eigenvalue weighted by Crippen LogP contribution is -2.29. The highest BCUT2D eigenvalue weighted by Gasteiger charge is 2.19.